The second kappa shape index (κ2) is 6.63. The average Bonchev–Trinajstić information content (AvgIpc) is 2.04. The molecule has 0 N–H and O–H groups in total. The topological polar surface area (TPSA) is 60.4 Å². The first-order valence-electron chi connectivity index (χ1n) is 4.10. The van der Waals surface area contributed by atoms with E-state index >= 15 is 0 Å². The molecule has 0 unspecified atom stereocenters. The predicted octanol–water partition coefficient (Wildman–Crippen LogP) is -2.34. The van der Waals surface area contributed by atoms with Crippen LogP contribution in [0.5, 0.6) is 0 Å². The van der Waals surface area contributed by atoms with Crippen molar-refractivity contribution < 1.29 is 42.5 Å². The zero-order valence-electron chi connectivity index (χ0n) is 8.22. The summed E-state index contributed by atoms with van der Waals surface area (Å²) in [6, 6.07) is 0. The summed E-state index contributed by atoms with van der Waals surface area (Å²) in [6.45, 7) is 0.578. The van der Waals surface area contributed by atoms with Crippen molar-refractivity contribution in [1.29, 1.82) is 0 Å². The Bertz CT molecular complexity index is 299. The van der Waals surface area contributed by atoms with Crippen LogP contribution in [0.4, 0.5) is 0 Å². The quantitative estimate of drug-likeness (QED) is 0.397. The molecule has 1 rings (SSSR count). The van der Waals surface area contributed by atoms with Gasteiger partial charge in [0.2, 0.25) is 0 Å². The molecular formula is C8H12NNaO3S. The van der Waals surface area contributed by atoms with Gasteiger partial charge in [0, 0.05) is 12.3 Å². The third-order valence-corrected chi connectivity index (χ3v) is 2.47. The second-order valence-corrected chi connectivity index (χ2v) is 4.38. The van der Waals surface area contributed by atoms with E-state index in [2.05, 4.69) is 0 Å². The van der Waals surface area contributed by atoms with E-state index in [0.717, 1.165) is 6.42 Å². The number of rotatable bonds is 4. The van der Waals surface area contributed by atoms with Crippen LogP contribution < -0.4 is 29.6 Å². The molecule has 14 heavy (non-hydrogen) atoms. The monoisotopic (exact) mass is 225 g/mol. The van der Waals surface area contributed by atoms with Crippen LogP contribution in [0.25, 0.3) is 0 Å². The Balaban J connectivity index is 0.00000169. The standard InChI is InChI=1S/C8H13NO3S.Na/c10-13(11,12)8-4-7-9-5-2-1-3-6-9;/h2-3,5-6H,1,4,7-8H2,(H,10,11,12);/q;+1/p-1. The Morgan fingerprint density at radius 3 is 2.36 bits per heavy atom. The molecule has 0 saturated heterocycles. The molecule has 0 fully saturated rings. The van der Waals surface area contributed by atoms with E-state index < -0.39 is 10.1 Å². The number of allylic oxidation sites excluding steroid dienone is 2. The molecule has 0 radical (unpaired) electrons. The maximum absolute atomic E-state index is 10.3. The van der Waals surface area contributed by atoms with Gasteiger partial charge in [-0.2, -0.15) is 0 Å². The molecule has 0 spiro atoms. The molecule has 74 valence electrons. The van der Waals surface area contributed by atoms with Gasteiger partial charge in [0.25, 0.3) is 0 Å². The van der Waals surface area contributed by atoms with Crippen molar-refractivity contribution in [3.8, 4) is 0 Å². The van der Waals surface area contributed by atoms with Gasteiger partial charge in [-0.3, -0.25) is 0 Å². The Morgan fingerprint density at radius 2 is 1.86 bits per heavy atom. The summed E-state index contributed by atoms with van der Waals surface area (Å²) in [7, 11) is -4.05. The first-order valence-corrected chi connectivity index (χ1v) is 5.68. The zero-order valence-corrected chi connectivity index (χ0v) is 11.0. The summed E-state index contributed by atoms with van der Waals surface area (Å²) in [5.74, 6) is -0.287. The smallest absolute Gasteiger partial charge is 0.748 e. The Morgan fingerprint density at radius 1 is 1.29 bits per heavy atom. The summed E-state index contributed by atoms with van der Waals surface area (Å²) < 4.78 is 30.8. The van der Waals surface area contributed by atoms with Gasteiger partial charge in [0.05, 0.1) is 10.1 Å². The molecule has 1 heterocycles. The minimum absolute atomic E-state index is 0. The molecule has 6 heteroatoms. The summed E-state index contributed by atoms with van der Waals surface area (Å²) in [6.07, 6.45) is 9.02. The van der Waals surface area contributed by atoms with E-state index in [1.165, 1.54) is 0 Å². The predicted molar refractivity (Wildman–Crippen MR) is 48.8 cm³/mol. The number of hydrogen-bond acceptors (Lipinski definition) is 4. The van der Waals surface area contributed by atoms with Crippen molar-refractivity contribution in [2.24, 2.45) is 0 Å². The maximum Gasteiger partial charge on any atom is 1.00 e. The molecule has 0 atom stereocenters. The van der Waals surface area contributed by atoms with Crippen molar-refractivity contribution in [2.45, 2.75) is 12.8 Å². The van der Waals surface area contributed by atoms with Crippen LogP contribution in [0.1, 0.15) is 12.8 Å². The van der Waals surface area contributed by atoms with Gasteiger partial charge in [0.1, 0.15) is 0 Å². The molecule has 4 nitrogen and oxygen atoms in total. The van der Waals surface area contributed by atoms with E-state index in [9.17, 15) is 13.0 Å². The molecule has 0 aromatic rings. The largest absolute Gasteiger partial charge is 1.00 e. The van der Waals surface area contributed by atoms with E-state index in [1.54, 1.807) is 0 Å². The fraction of sp³-hybridized carbons (Fsp3) is 0.500. The van der Waals surface area contributed by atoms with Gasteiger partial charge in [-0.05, 0) is 25.2 Å². The van der Waals surface area contributed by atoms with Crippen LogP contribution in [0.15, 0.2) is 24.6 Å². The Labute approximate surface area is 107 Å². The summed E-state index contributed by atoms with van der Waals surface area (Å²) in [5.41, 5.74) is 0. The van der Waals surface area contributed by atoms with Crippen LogP contribution in [-0.2, 0) is 10.1 Å². The minimum atomic E-state index is -4.05. The van der Waals surface area contributed by atoms with E-state index in [1.807, 2.05) is 29.5 Å². The first kappa shape index (κ1) is 14.2. The fourth-order valence-corrected chi connectivity index (χ4v) is 1.58. The van der Waals surface area contributed by atoms with Gasteiger partial charge < -0.3 is 9.45 Å². The zero-order chi connectivity index (χ0) is 9.73. The van der Waals surface area contributed by atoms with Crippen molar-refractivity contribution in [3.63, 3.8) is 0 Å². The van der Waals surface area contributed by atoms with Crippen molar-refractivity contribution in [1.82, 2.24) is 4.90 Å². The summed E-state index contributed by atoms with van der Waals surface area (Å²) in [5, 5.41) is 0. The van der Waals surface area contributed by atoms with Crippen LogP contribution in [0.2, 0.25) is 0 Å². The van der Waals surface area contributed by atoms with Gasteiger partial charge in [-0.15, -0.1) is 0 Å². The number of nitrogens with zero attached hydrogens (tertiary/aromatic N) is 1. The molecule has 0 amide bonds. The van der Waals surface area contributed by atoms with Crippen LogP contribution in [0.3, 0.4) is 0 Å². The Kier molecular flexibility index (Phi) is 6.72. The minimum Gasteiger partial charge on any atom is -0.748 e. The fourth-order valence-electron chi connectivity index (χ4n) is 1.09. The van der Waals surface area contributed by atoms with E-state index in [0.29, 0.717) is 13.0 Å². The van der Waals surface area contributed by atoms with Crippen molar-refractivity contribution in [3.05, 3.63) is 24.6 Å². The summed E-state index contributed by atoms with van der Waals surface area (Å²) >= 11 is 0. The maximum atomic E-state index is 10.3. The molecule has 1 aliphatic heterocycles. The summed E-state index contributed by atoms with van der Waals surface area (Å²) in [4.78, 5) is 1.87. The van der Waals surface area contributed by atoms with Gasteiger partial charge >= 0.3 is 29.6 Å². The van der Waals surface area contributed by atoms with Gasteiger partial charge in [-0.1, -0.05) is 12.2 Å². The molecule has 0 bridgehead atoms. The second-order valence-electron chi connectivity index (χ2n) is 2.86. The van der Waals surface area contributed by atoms with E-state index in [-0.39, 0.29) is 35.3 Å². The van der Waals surface area contributed by atoms with Crippen LogP contribution >= 0.6 is 0 Å². The van der Waals surface area contributed by atoms with E-state index in [4.69, 9.17) is 0 Å². The molecule has 1 aliphatic rings. The molecule has 0 aromatic heterocycles. The van der Waals surface area contributed by atoms with Crippen molar-refractivity contribution in [2.75, 3.05) is 12.3 Å². The van der Waals surface area contributed by atoms with Gasteiger partial charge in [-0.25, -0.2) is 8.42 Å². The van der Waals surface area contributed by atoms with Crippen molar-refractivity contribution >= 4 is 10.1 Å². The first-order chi connectivity index (χ1) is 6.08. The SMILES string of the molecule is O=S(=O)([O-])CCCN1C=CCC=C1.[Na+]. The number of hydrogen-bond donors (Lipinski definition) is 0. The third kappa shape index (κ3) is 6.62. The van der Waals surface area contributed by atoms with Crippen LogP contribution in [-0.4, -0.2) is 30.2 Å². The van der Waals surface area contributed by atoms with Gasteiger partial charge in [0.15, 0.2) is 0 Å². The molecule has 0 saturated carbocycles. The molecular weight excluding hydrogens is 213 g/mol. The average molecular weight is 225 g/mol. The third-order valence-electron chi connectivity index (χ3n) is 1.68. The molecule has 0 aliphatic carbocycles. The normalized spacial score (nSPS) is 15.4. The Hall–Kier alpha value is 0.190. The molecule has 0 aromatic carbocycles. The van der Waals surface area contributed by atoms with Crippen LogP contribution in [0, 0.1) is 0 Å².